The number of allylic oxidation sites excluding steroid dienone is 1. The predicted molar refractivity (Wildman–Crippen MR) is 135 cm³/mol. The van der Waals surface area contributed by atoms with Gasteiger partial charge in [0.2, 0.25) is 0 Å². The maximum Gasteiger partial charge on any atom is 0.407 e. The lowest BCUT2D eigenvalue weighted by Gasteiger charge is -2.54. The molecule has 3 aliphatic carbocycles. The number of ether oxygens (including phenoxy) is 2. The molecule has 1 amide bonds. The summed E-state index contributed by atoms with van der Waals surface area (Å²) in [7, 11) is 1.62. The fourth-order valence-electron chi connectivity index (χ4n) is 8.54. The normalized spacial score (nSPS) is 39.2. The molecule has 2 bridgehead atoms. The van der Waals surface area contributed by atoms with Crippen LogP contribution in [-0.2, 0) is 9.47 Å². The summed E-state index contributed by atoms with van der Waals surface area (Å²) >= 11 is 0. The summed E-state index contributed by atoms with van der Waals surface area (Å²) in [5.41, 5.74) is 4.01. The minimum atomic E-state index is -0.336. The molecule has 3 fully saturated rings. The van der Waals surface area contributed by atoms with Crippen LogP contribution < -0.4 is 5.32 Å². The Morgan fingerprint density at radius 3 is 2.97 bits per heavy atom. The molecule has 2 saturated carbocycles. The van der Waals surface area contributed by atoms with Gasteiger partial charge in [-0.15, -0.1) is 0 Å². The average molecular weight is 471 g/mol. The Morgan fingerprint density at radius 2 is 2.09 bits per heavy atom. The number of pyridine rings is 1. The van der Waals surface area contributed by atoms with Gasteiger partial charge in [-0.25, -0.2) is 4.79 Å². The monoisotopic (exact) mass is 470 g/mol. The van der Waals surface area contributed by atoms with E-state index in [1.165, 1.54) is 40.3 Å². The standard InChI is InChI=1S/C30H34N2O3/c1-28-11-9-23-16-22-5-6-24(34-27(33)31-2)17-29(22)12-13-30(23,35-29)26(28)8-7-25(28)20-4-3-19-10-14-32-18-21(19)15-20/h3-4,9-10,14-16,18,24-26H,5-8,11-13,17H2,1-2H3,(H,31,33)/t24-,25+,26+,28+,29+,30?/m0/s1. The number of fused-ring (bicyclic) bond motifs is 2. The summed E-state index contributed by atoms with van der Waals surface area (Å²) in [6.07, 6.45) is 16.7. The molecular weight excluding hydrogens is 436 g/mol. The minimum absolute atomic E-state index is 0.0784. The number of carbonyl (C=O) groups excluding carboxylic acids is 1. The number of alkyl carbamates (subject to hydrolysis) is 1. The molecule has 1 N–H and O–H groups in total. The minimum Gasteiger partial charge on any atom is -0.446 e. The van der Waals surface area contributed by atoms with Crippen molar-refractivity contribution in [2.75, 3.05) is 7.05 Å². The van der Waals surface area contributed by atoms with Crippen molar-refractivity contribution in [3.63, 3.8) is 0 Å². The third kappa shape index (κ3) is 2.97. The van der Waals surface area contributed by atoms with Crippen LogP contribution in [-0.4, -0.2) is 35.4 Å². The zero-order valence-electron chi connectivity index (χ0n) is 20.7. The van der Waals surface area contributed by atoms with Crippen molar-refractivity contribution in [2.45, 2.75) is 81.5 Å². The number of amides is 1. The van der Waals surface area contributed by atoms with E-state index in [1.807, 2.05) is 12.4 Å². The summed E-state index contributed by atoms with van der Waals surface area (Å²) in [4.78, 5) is 16.3. The maximum atomic E-state index is 11.9. The molecule has 7 rings (SSSR count). The second-order valence-electron chi connectivity index (χ2n) is 11.7. The molecular formula is C30H34N2O3. The molecule has 5 aliphatic rings. The first-order valence-corrected chi connectivity index (χ1v) is 13.3. The molecule has 1 aromatic heterocycles. The van der Waals surface area contributed by atoms with Gasteiger partial charge >= 0.3 is 6.09 Å². The van der Waals surface area contributed by atoms with E-state index in [1.54, 1.807) is 7.05 Å². The average Bonchev–Trinajstić information content (AvgIpc) is 3.38. The van der Waals surface area contributed by atoms with Crippen LogP contribution in [0.5, 0.6) is 0 Å². The van der Waals surface area contributed by atoms with E-state index in [0.29, 0.717) is 11.8 Å². The summed E-state index contributed by atoms with van der Waals surface area (Å²) in [6.45, 7) is 2.51. The van der Waals surface area contributed by atoms with Crippen LogP contribution in [0, 0.1) is 11.3 Å². The smallest absolute Gasteiger partial charge is 0.407 e. The molecule has 1 unspecified atom stereocenters. The van der Waals surface area contributed by atoms with Gasteiger partial charge in [0.15, 0.2) is 0 Å². The number of nitrogens with zero attached hydrogens (tertiary/aromatic N) is 1. The Labute approximate surface area is 207 Å². The van der Waals surface area contributed by atoms with Gasteiger partial charge in [0, 0.05) is 31.2 Å². The molecule has 1 saturated heterocycles. The van der Waals surface area contributed by atoms with E-state index in [0.717, 1.165) is 38.5 Å². The molecule has 5 heteroatoms. The fraction of sp³-hybridized carbons (Fsp3) is 0.533. The van der Waals surface area contributed by atoms with Gasteiger partial charge in [0.05, 0.1) is 11.2 Å². The number of rotatable bonds is 2. The second kappa shape index (κ2) is 7.42. The molecule has 2 aromatic rings. The Balaban J connectivity index is 1.23. The van der Waals surface area contributed by atoms with Crippen molar-refractivity contribution < 1.29 is 14.3 Å². The van der Waals surface area contributed by atoms with Gasteiger partial charge < -0.3 is 14.8 Å². The number of hydrogen-bond acceptors (Lipinski definition) is 4. The third-order valence-electron chi connectivity index (χ3n) is 10.2. The van der Waals surface area contributed by atoms with Crippen molar-refractivity contribution in [1.29, 1.82) is 0 Å². The molecule has 2 spiro atoms. The highest BCUT2D eigenvalue weighted by atomic mass is 16.6. The van der Waals surface area contributed by atoms with Crippen LogP contribution in [0.3, 0.4) is 0 Å². The van der Waals surface area contributed by atoms with Crippen molar-refractivity contribution in [1.82, 2.24) is 10.3 Å². The lowest BCUT2D eigenvalue weighted by molar-refractivity contribution is -0.144. The van der Waals surface area contributed by atoms with E-state index in [9.17, 15) is 4.79 Å². The van der Waals surface area contributed by atoms with Crippen molar-refractivity contribution in [3.8, 4) is 0 Å². The summed E-state index contributed by atoms with van der Waals surface area (Å²) in [5, 5.41) is 5.09. The van der Waals surface area contributed by atoms with Crippen molar-refractivity contribution in [3.05, 3.63) is 65.5 Å². The quantitative estimate of drug-likeness (QED) is 0.568. The first-order chi connectivity index (χ1) is 17.0. The van der Waals surface area contributed by atoms with E-state index in [4.69, 9.17) is 9.47 Å². The Morgan fingerprint density at radius 1 is 1.17 bits per heavy atom. The maximum absolute atomic E-state index is 11.9. The third-order valence-corrected chi connectivity index (χ3v) is 10.2. The number of carbonyl (C=O) groups is 1. The molecule has 6 atom stereocenters. The first kappa shape index (κ1) is 21.6. The zero-order valence-corrected chi connectivity index (χ0v) is 20.7. The Kier molecular flexibility index (Phi) is 4.58. The second-order valence-corrected chi connectivity index (χ2v) is 11.7. The van der Waals surface area contributed by atoms with Gasteiger partial charge in [-0.2, -0.15) is 0 Å². The van der Waals surface area contributed by atoms with Gasteiger partial charge in [-0.05, 0) is 96.4 Å². The molecule has 2 aliphatic heterocycles. The molecule has 0 radical (unpaired) electrons. The summed E-state index contributed by atoms with van der Waals surface area (Å²) in [5.74, 6) is 1.02. The first-order valence-electron chi connectivity index (χ1n) is 13.3. The van der Waals surface area contributed by atoms with E-state index < -0.39 is 0 Å². The van der Waals surface area contributed by atoms with Crippen LogP contribution in [0.1, 0.15) is 69.8 Å². The van der Waals surface area contributed by atoms with Gasteiger partial charge in [0.25, 0.3) is 0 Å². The topological polar surface area (TPSA) is 60.5 Å². The number of benzene rings is 1. The fourth-order valence-corrected chi connectivity index (χ4v) is 8.54. The van der Waals surface area contributed by atoms with E-state index in [-0.39, 0.29) is 28.8 Å². The van der Waals surface area contributed by atoms with Crippen LogP contribution in [0.15, 0.2) is 60.0 Å². The zero-order chi connectivity index (χ0) is 23.8. The number of nitrogens with one attached hydrogen (secondary N) is 1. The van der Waals surface area contributed by atoms with Crippen molar-refractivity contribution >= 4 is 16.9 Å². The van der Waals surface area contributed by atoms with Crippen LogP contribution >= 0.6 is 0 Å². The summed E-state index contributed by atoms with van der Waals surface area (Å²) < 4.78 is 13.0. The SMILES string of the molecule is CNC(=O)O[C@H]1CCC2=CC3=CC[C@]4(C)[C@@H](c5ccc6ccncc6c5)CC[C@H]4C34CC[C@]2(C1)O4. The molecule has 35 heavy (non-hydrogen) atoms. The molecule has 182 valence electrons. The Bertz CT molecular complexity index is 1280. The van der Waals surface area contributed by atoms with Crippen LogP contribution in [0.4, 0.5) is 4.79 Å². The number of aromatic nitrogens is 1. The largest absolute Gasteiger partial charge is 0.446 e. The predicted octanol–water partition coefficient (Wildman–Crippen LogP) is 6.20. The van der Waals surface area contributed by atoms with Gasteiger partial charge in [-0.1, -0.05) is 31.2 Å². The molecule has 3 heterocycles. The van der Waals surface area contributed by atoms with E-state index in [2.05, 4.69) is 53.6 Å². The highest BCUT2D eigenvalue weighted by Crippen LogP contribution is 2.69. The lowest BCUT2D eigenvalue weighted by Crippen LogP contribution is -2.54. The molecule has 5 nitrogen and oxygen atoms in total. The molecule has 1 aromatic carbocycles. The lowest BCUT2D eigenvalue weighted by atomic mass is 9.58. The highest BCUT2D eigenvalue weighted by molar-refractivity contribution is 5.82. The van der Waals surface area contributed by atoms with Crippen LogP contribution in [0.25, 0.3) is 10.8 Å². The highest BCUT2D eigenvalue weighted by Gasteiger charge is 2.66. The van der Waals surface area contributed by atoms with Gasteiger partial charge in [0.1, 0.15) is 6.10 Å². The van der Waals surface area contributed by atoms with E-state index >= 15 is 0 Å². The summed E-state index contributed by atoms with van der Waals surface area (Å²) in [6, 6.07) is 9.07. The van der Waals surface area contributed by atoms with Gasteiger partial charge in [-0.3, -0.25) is 4.98 Å². The van der Waals surface area contributed by atoms with Crippen LogP contribution in [0.2, 0.25) is 0 Å². The van der Waals surface area contributed by atoms with Crippen molar-refractivity contribution in [2.24, 2.45) is 11.3 Å². The number of hydrogen-bond donors (Lipinski definition) is 1. The Hall–Kier alpha value is -2.66.